The minimum Gasteiger partial charge on any atom is -0.450 e. The lowest BCUT2D eigenvalue weighted by Gasteiger charge is -2.35. The minimum atomic E-state index is -0.133. The molecule has 0 aliphatic carbocycles. The number of carbonyl (C=O) groups is 1. The van der Waals surface area contributed by atoms with Crippen molar-refractivity contribution < 1.29 is 9.53 Å². The quantitative estimate of drug-likeness (QED) is 0.792. The smallest absolute Gasteiger partial charge is 0.409 e. The zero-order valence-corrected chi connectivity index (χ0v) is 10.1. The van der Waals surface area contributed by atoms with E-state index < -0.39 is 0 Å². The van der Waals surface area contributed by atoms with Gasteiger partial charge in [-0.15, -0.1) is 0 Å². The number of hydrogen-bond donors (Lipinski definition) is 1. The van der Waals surface area contributed by atoms with Crippen LogP contribution >= 0.6 is 0 Å². The molecule has 2 aliphatic rings. The van der Waals surface area contributed by atoms with Crippen LogP contribution in [0.2, 0.25) is 0 Å². The molecule has 4 nitrogen and oxygen atoms in total. The summed E-state index contributed by atoms with van der Waals surface area (Å²) in [5.41, 5.74) is 0. The van der Waals surface area contributed by atoms with Gasteiger partial charge in [-0.25, -0.2) is 4.79 Å². The standard InChI is InChI=1S/C12H22N2O2/c1-2-16-12(15)14-5-3-10(4-6-14)7-11-8-13-9-11/h10-11,13H,2-9H2,1H3. The molecule has 92 valence electrons. The number of likely N-dealkylation sites (tertiary alicyclic amines) is 1. The Morgan fingerprint density at radius 3 is 2.50 bits per heavy atom. The SMILES string of the molecule is CCOC(=O)N1CCC(CC2CNC2)CC1. The summed E-state index contributed by atoms with van der Waals surface area (Å²) in [4.78, 5) is 13.3. The van der Waals surface area contributed by atoms with Gasteiger partial charge in [0.05, 0.1) is 6.61 Å². The minimum absolute atomic E-state index is 0.133. The van der Waals surface area contributed by atoms with E-state index in [9.17, 15) is 4.79 Å². The van der Waals surface area contributed by atoms with E-state index in [0.29, 0.717) is 6.61 Å². The zero-order valence-electron chi connectivity index (χ0n) is 10.1. The Morgan fingerprint density at radius 2 is 2.00 bits per heavy atom. The number of piperidine rings is 1. The van der Waals surface area contributed by atoms with Crippen molar-refractivity contribution in [2.24, 2.45) is 11.8 Å². The fourth-order valence-corrected chi connectivity index (χ4v) is 2.55. The molecular weight excluding hydrogens is 204 g/mol. The molecule has 0 saturated carbocycles. The van der Waals surface area contributed by atoms with Crippen molar-refractivity contribution in [1.82, 2.24) is 10.2 Å². The van der Waals surface area contributed by atoms with Crippen LogP contribution in [-0.2, 0) is 4.74 Å². The molecule has 0 aromatic rings. The van der Waals surface area contributed by atoms with E-state index in [1.54, 1.807) is 0 Å². The summed E-state index contributed by atoms with van der Waals surface area (Å²) in [6.45, 7) is 6.48. The van der Waals surface area contributed by atoms with Crippen LogP contribution < -0.4 is 5.32 Å². The summed E-state index contributed by atoms with van der Waals surface area (Å²) in [6, 6.07) is 0. The zero-order chi connectivity index (χ0) is 11.4. The summed E-state index contributed by atoms with van der Waals surface area (Å²) in [5, 5.41) is 3.31. The molecule has 1 N–H and O–H groups in total. The summed E-state index contributed by atoms with van der Waals surface area (Å²) in [6.07, 6.45) is 3.50. The highest BCUT2D eigenvalue weighted by molar-refractivity contribution is 5.67. The van der Waals surface area contributed by atoms with Gasteiger partial charge in [0, 0.05) is 13.1 Å². The second-order valence-corrected chi connectivity index (χ2v) is 4.89. The fourth-order valence-electron chi connectivity index (χ4n) is 2.55. The summed E-state index contributed by atoms with van der Waals surface area (Å²) in [7, 11) is 0. The predicted octanol–water partition coefficient (Wildman–Crippen LogP) is 1.46. The molecule has 0 bridgehead atoms. The first-order chi connectivity index (χ1) is 7.79. The Kier molecular flexibility index (Phi) is 4.04. The second-order valence-electron chi connectivity index (χ2n) is 4.89. The van der Waals surface area contributed by atoms with Crippen molar-refractivity contribution in [3.05, 3.63) is 0 Å². The number of nitrogens with one attached hydrogen (secondary N) is 1. The maximum absolute atomic E-state index is 11.5. The van der Waals surface area contributed by atoms with Crippen LogP contribution in [0.3, 0.4) is 0 Å². The van der Waals surface area contributed by atoms with Gasteiger partial charge in [-0.3, -0.25) is 0 Å². The largest absolute Gasteiger partial charge is 0.450 e. The van der Waals surface area contributed by atoms with Crippen LogP contribution in [0.4, 0.5) is 4.79 Å². The monoisotopic (exact) mass is 226 g/mol. The van der Waals surface area contributed by atoms with E-state index in [1.165, 1.54) is 19.5 Å². The highest BCUT2D eigenvalue weighted by atomic mass is 16.6. The Hall–Kier alpha value is -0.770. The molecule has 0 atom stereocenters. The topological polar surface area (TPSA) is 41.6 Å². The fraction of sp³-hybridized carbons (Fsp3) is 0.917. The summed E-state index contributed by atoms with van der Waals surface area (Å²) in [5.74, 6) is 1.71. The number of carbonyl (C=O) groups excluding carboxylic acids is 1. The molecule has 4 heteroatoms. The average Bonchev–Trinajstić information content (AvgIpc) is 2.25. The third-order valence-electron chi connectivity index (χ3n) is 3.67. The molecule has 2 heterocycles. The van der Waals surface area contributed by atoms with Gasteiger partial charge in [-0.2, -0.15) is 0 Å². The second kappa shape index (κ2) is 5.53. The number of amides is 1. The van der Waals surface area contributed by atoms with Gasteiger partial charge in [0.1, 0.15) is 0 Å². The molecule has 2 fully saturated rings. The molecule has 16 heavy (non-hydrogen) atoms. The van der Waals surface area contributed by atoms with E-state index in [4.69, 9.17) is 4.74 Å². The van der Waals surface area contributed by atoms with Gasteiger partial charge in [-0.05, 0) is 51.1 Å². The maximum atomic E-state index is 11.5. The lowest BCUT2D eigenvalue weighted by atomic mass is 9.85. The number of ether oxygens (including phenoxy) is 1. The first kappa shape index (κ1) is 11.7. The maximum Gasteiger partial charge on any atom is 0.409 e. The normalized spacial score (nSPS) is 22.9. The molecule has 0 unspecified atom stereocenters. The lowest BCUT2D eigenvalue weighted by molar-refractivity contribution is 0.0873. The number of nitrogens with zero attached hydrogens (tertiary/aromatic N) is 1. The third kappa shape index (κ3) is 2.88. The molecule has 0 aromatic heterocycles. The van der Waals surface area contributed by atoms with Crippen molar-refractivity contribution in [1.29, 1.82) is 0 Å². The van der Waals surface area contributed by atoms with E-state index in [0.717, 1.165) is 37.8 Å². The Morgan fingerprint density at radius 1 is 1.31 bits per heavy atom. The molecule has 0 radical (unpaired) electrons. The number of rotatable bonds is 3. The lowest BCUT2D eigenvalue weighted by Crippen LogP contribution is -2.45. The molecule has 0 aromatic carbocycles. The molecule has 1 amide bonds. The molecule has 2 aliphatic heterocycles. The molecule has 0 spiro atoms. The molecular formula is C12H22N2O2. The van der Waals surface area contributed by atoms with Crippen molar-refractivity contribution in [3.63, 3.8) is 0 Å². The van der Waals surface area contributed by atoms with E-state index in [-0.39, 0.29) is 6.09 Å². The number of hydrogen-bond acceptors (Lipinski definition) is 3. The van der Waals surface area contributed by atoms with Crippen molar-refractivity contribution >= 4 is 6.09 Å². The third-order valence-corrected chi connectivity index (χ3v) is 3.67. The van der Waals surface area contributed by atoms with Gasteiger partial charge in [-0.1, -0.05) is 0 Å². The Labute approximate surface area is 97.3 Å². The van der Waals surface area contributed by atoms with Crippen LogP contribution in [0.1, 0.15) is 26.2 Å². The van der Waals surface area contributed by atoms with Gasteiger partial charge in [0.15, 0.2) is 0 Å². The summed E-state index contributed by atoms with van der Waals surface area (Å²) < 4.78 is 5.01. The molecule has 2 rings (SSSR count). The highest BCUT2D eigenvalue weighted by Crippen LogP contribution is 2.26. The first-order valence-electron chi connectivity index (χ1n) is 6.42. The average molecular weight is 226 g/mol. The first-order valence-corrected chi connectivity index (χ1v) is 6.42. The summed E-state index contributed by atoms with van der Waals surface area (Å²) >= 11 is 0. The van der Waals surface area contributed by atoms with Crippen LogP contribution in [0, 0.1) is 11.8 Å². The highest BCUT2D eigenvalue weighted by Gasteiger charge is 2.27. The Bertz CT molecular complexity index is 233. The Balaban J connectivity index is 1.67. The van der Waals surface area contributed by atoms with Crippen LogP contribution in [0.25, 0.3) is 0 Å². The molecule has 2 saturated heterocycles. The van der Waals surface area contributed by atoms with E-state index >= 15 is 0 Å². The predicted molar refractivity (Wildman–Crippen MR) is 62.3 cm³/mol. The van der Waals surface area contributed by atoms with Crippen molar-refractivity contribution in [2.75, 3.05) is 32.8 Å². The van der Waals surface area contributed by atoms with E-state index in [1.807, 2.05) is 11.8 Å². The van der Waals surface area contributed by atoms with Gasteiger partial charge >= 0.3 is 6.09 Å². The van der Waals surface area contributed by atoms with Crippen LogP contribution in [0.15, 0.2) is 0 Å². The van der Waals surface area contributed by atoms with Crippen molar-refractivity contribution in [3.8, 4) is 0 Å². The van der Waals surface area contributed by atoms with E-state index in [2.05, 4.69) is 5.32 Å². The van der Waals surface area contributed by atoms with Gasteiger partial charge in [0.25, 0.3) is 0 Å². The van der Waals surface area contributed by atoms with Gasteiger partial charge in [0.2, 0.25) is 0 Å². The van der Waals surface area contributed by atoms with Gasteiger partial charge < -0.3 is 15.0 Å². The van der Waals surface area contributed by atoms with Crippen LogP contribution in [0.5, 0.6) is 0 Å². The van der Waals surface area contributed by atoms with Crippen LogP contribution in [-0.4, -0.2) is 43.8 Å². The van der Waals surface area contributed by atoms with Crippen molar-refractivity contribution in [2.45, 2.75) is 26.2 Å².